The van der Waals surface area contributed by atoms with Gasteiger partial charge in [0.2, 0.25) is 0 Å². The molecule has 1 fully saturated rings. The third-order valence-corrected chi connectivity index (χ3v) is 7.84. The molecule has 1 spiro atoms. The molecule has 0 saturated carbocycles. The number of likely N-dealkylation sites (tertiary alicyclic amines) is 1. The van der Waals surface area contributed by atoms with Crippen LogP contribution in [0.15, 0.2) is 24.3 Å². The summed E-state index contributed by atoms with van der Waals surface area (Å²) < 4.78 is 29.2. The summed E-state index contributed by atoms with van der Waals surface area (Å²) in [6.07, 6.45) is 8.47. The van der Waals surface area contributed by atoms with Crippen LogP contribution in [0.4, 0.5) is 0 Å². The summed E-state index contributed by atoms with van der Waals surface area (Å²) >= 11 is 0. The predicted molar refractivity (Wildman–Crippen MR) is 123 cm³/mol. The molecular formula is C26H35NO6. The summed E-state index contributed by atoms with van der Waals surface area (Å²) in [7, 11) is 3.87. The van der Waals surface area contributed by atoms with Crippen LogP contribution in [0.1, 0.15) is 43.7 Å². The third kappa shape index (κ3) is 3.74. The molecule has 0 aromatic heterocycles. The normalized spacial score (nSPS) is 31.1. The van der Waals surface area contributed by atoms with Crippen molar-refractivity contribution in [3.8, 4) is 11.5 Å². The average Bonchev–Trinajstić information content (AvgIpc) is 3.16. The van der Waals surface area contributed by atoms with Crippen molar-refractivity contribution >= 4 is 5.97 Å². The van der Waals surface area contributed by atoms with Gasteiger partial charge in [0.15, 0.2) is 18.3 Å². The molecule has 5 rings (SSSR count). The van der Waals surface area contributed by atoms with E-state index in [-0.39, 0.29) is 30.4 Å². The molecule has 4 aliphatic rings. The van der Waals surface area contributed by atoms with Crippen LogP contribution in [0.2, 0.25) is 0 Å². The van der Waals surface area contributed by atoms with Crippen molar-refractivity contribution in [1.82, 2.24) is 4.90 Å². The van der Waals surface area contributed by atoms with Gasteiger partial charge in [-0.15, -0.1) is 0 Å². The minimum absolute atomic E-state index is 0.0740. The van der Waals surface area contributed by atoms with Crippen LogP contribution in [0.5, 0.6) is 11.5 Å². The number of methoxy groups -OCH3 is 1. The lowest BCUT2D eigenvalue weighted by atomic mass is 9.53. The number of hydrogen-bond donors (Lipinski definition) is 0. The van der Waals surface area contributed by atoms with Gasteiger partial charge in [-0.3, -0.25) is 4.79 Å². The Hall–Kier alpha value is -2.09. The summed E-state index contributed by atoms with van der Waals surface area (Å²) in [6.45, 7) is 4.09. The van der Waals surface area contributed by atoms with E-state index in [2.05, 4.69) is 30.2 Å². The molecule has 7 heteroatoms. The SMILES string of the molecule is CCOC(=O)CCCCOC1C=C[C@H]2[C@H]3Cc4ccc(OCOC)c5c4[C@@]2(CCN3C)C1O5. The number of carbonyl (C=O) groups is 1. The molecule has 0 N–H and O–H groups in total. The van der Waals surface area contributed by atoms with Crippen molar-refractivity contribution in [1.29, 1.82) is 0 Å². The van der Waals surface area contributed by atoms with Gasteiger partial charge in [0.05, 0.1) is 6.61 Å². The first-order valence-electron chi connectivity index (χ1n) is 12.2. The molecule has 0 radical (unpaired) electrons. The molecule has 2 aliphatic heterocycles. The van der Waals surface area contributed by atoms with E-state index in [0.717, 1.165) is 43.7 Å². The lowest BCUT2D eigenvalue weighted by molar-refractivity contribution is -0.143. The molecule has 180 valence electrons. The van der Waals surface area contributed by atoms with Crippen LogP contribution in [0.3, 0.4) is 0 Å². The Kier molecular flexibility index (Phi) is 6.38. The molecule has 1 saturated heterocycles. The number of hydrogen-bond acceptors (Lipinski definition) is 7. The smallest absolute Gasteiger partial charge is 0.305 e. The highest BCUT2D eigenvalue weighted by Gasteiger charge is 2.64. The van der Waals surface area contributed by atoms with Crippen LogP contribution in [0, 0.1) is 5.92 Å². The first-order valence-corrected chi connectivity index (χ1v) is 12.2. The largest absolute Gasteiger partial charge is 0.482 e. The van der Waals surface area contributed by atoms with Gasteiger partial charge in [0, 0.05) is 43.1 Å². The highest BCUT2D eigenvalue weighted by atomic mass is 16.7. The van der Waals surface area contributed by atoms with Gasteiger partial charge in [-0.1, -0.05) is 18.2 Å². The second-order valence-corrected chi connectivity index (χ2v) is 9.57. The zero-order valence-electron chi connectivity index (χ0n) is 19.9. The number of ether oxygens (including phenoxy) is 5. The number of rotatable bonds is 10. The fourth-order valence-electron chi connectivity index (χ4n) is 6.41. The molecule has 5 atom stereocenters. The van der Waals surface area contributed by atoms with E-state index in [1.807, 2.05) is 13.0 Å². The Morgan fingerprint density at radius 2 is 2.15 bits per heavy atom. The third-order valence-electron chi connectivity index (χ3n) is 7.84. The summed E-state index contributed by atoms with van der Waals surface area (Å²) in [4.78, 5) is 14.1. The summed E-state index contributed by atoms with van der Waals surface area (Å²) in [5, 5.41) is 0. The Morgan fingerprint density at radius 1 is 1.27 bits per heavy atom. The van der Waals surface area contributed by atoms with Crippen LogP contribution in [-0.4, -0.2) is 69.8 Å². The van der Waals surface area contributed by atoms with Gasteiger partial charge in [-0.05, 0) is 57.8 Å². The number of carbonyl (C=O) groups excluding carboxylic acids is 1. The molecular weight excluding hydrogens is 422 g/mol. The molecule has 2 bridgehead atoms. The van der Waals surface area contributed by atoms with E-state index in [0.29, 0.717) is 31.6 Å². The summed E-state index contributed by atoms with van der Waals surface area (Å²) in [6, 6.07) is 4.70. The van der Waals surface area contributed by atoms with Gasteiger partial charge < -0.3 is 28.6 Å². The zero-order valence-corrected chi connectivity index (χ0v) is 19.9. The number of likely N-dealkylation sites (N-methyl/N-ethyl adjacent to an activating group) is 1. The molecule has 1 aromatic rings. The first-order chi connectivity index (χ1) is 16.1. The first kappa shape index (κ1) is 22.7. The topological polar surface area (TPSA) is 66.5 Å². The van der Waals surface area contributed by atoms with Crippen LogP contribution in [0.25, 0.3) is 0 Å². The van der Waals surface area contributed by atoms with Gasteiger partial charge >= 0.3 is 5.97 Å². The second-order valence-electron chi connectivity index (χ2n) is 9.57. The molecule has 1 aromatic carbocycles. The molecule has 2 unspecified atom stereocenters. The molecule has 0 amide bonds. The minimum Gasteiger partial charge on any atom is -0.482 e. The maximum atomic E-state index is 11.6. The summed E-state index contributed by atoms with van der Waals surface area (Å²) in [5.74, 6) is 1.89. The number of nitrogens with zero attached hydrogens (tertiary/aromatic N) is 1. The minimum atomic E-state index is -0.137. The number of benzene rings is 1. The standard InChI is InChI=1S/C26H35NO6/c1-4-30-22(28)7-5-6-14-31-21-11-9-18-19-15-17-8-10-20(32-16-29-3)24-23(17)26(18,25(21)33-24)12-13-27(19)2/h8-11,18-19,21,25H,4-7,12-16H2,1-3H3/t18-,19+,21?,25?,26-/m0/s1. The van der Waals surface area contributed by atoms with Gasteiger partial charge in [0.1, 0.15) is 12.2 Å². The van der Waals surface area contributed by atoms with E-state index in [1.54, 1.807) is 7.11 Å². The highest BCUT2D eigenvalue weighted by molar-refractivity contribution is 5.69. The average molecular weight is 458 g/mol. The lowest BCUT2D eigenvalue weighted by Gasteiger charge is -2.56. The van der Waals surface area contributed by atoms with E-state index < -0.39 is 0 Å². The number of unbranched alkanes of at least 4 members (excludes halogenated alkanes) is 1. The van der Waals surface area contributed by atoms with E-state index in [1.165, 1.54) is 11.1 Å². The molecule has 33 heavy (non-hydrogen) atoms. The van der Waals surface area contributed by atoms with E-state index >= 15 is 0 Å². The number of piperidine rings is 1. The van der Waals surface area contributed by atoms with Gasteiger partial charge in [0.25, 0.3) is 0 Å². The Morgan fingerprint density at radius 3 is 2.97 bits per heavy atom. The monoisotopic (exact) mass is 457 g/mol. The van der Waals surface area contributed by atoms with Crippen molar-refractivity contribution in [2.45, 2.75) is 62.7 Å². The van der Waals surface area contributed by atoms with Crippen molar-refractivity contribution in [2.75, 3.05) is 40.7 Å². The van der Waals surface area contributed by atoms with Crippen molar-refractivity contribution < 1.29 is 28.5 Å². The fourth-order valence-corrected chi connectivity index (χ4v) is 6.41. The van der Waals surface area contributed by atoms with E-state index in [9.17, 15) is 4.79 Å². The fraction of sp³-hybridized carbons (Fsp3) is 0.654. The van der Waals surface area contributed by atoms with E-state index in [4.69, 9.17) is 23.7 Å². The lowest BCUT2D eigenvalue weighted by Crippen LogP contribution is -2.65. The van der Waals surface area contributed by atoms with Gasteiger partial charge in [-0.25, -0.2) is 0 Å². The van der Waals surface area contributed by atoms with Crippen LogP contribution >= 0.6 is 0 Å². The van der Waals surface area contributed by atoms with Crippen molar-refractivity contribution in [3.05, 3.63) is 35.4 Å². The van der Waals surface area contributed by atoms with Crippen molar-refractivity contribution in [3.63, 3.8) is 0 Å². The Labute approximate surface area is 196 Å². The second kappa shape index (κ2) is 9.28. The summed E-state index contributed by atoms with van der Waals surface area (Å²) in [5.41, 5.74) is 2.61. The Bertz CT molecular complexity index is 916. The van der Waals surface area contributed by atoms with Crippen molar-refractivity contribution in [2.24, 2.45) is 5.92 Å². The highest BCUT2D eigenvalue weighted by Crippen LogP contribution is 2.62. The van der Waals surface area contributed by atoms with Crippen LogP contribution < -0.4 is 9.47 Å². The zero-order chi connectivity index (χ0) is 23.0. The molecule has 2 heterocycles. The quantitative estimate of drug-likeness (QED) is 0.231. The van der Waals surface area contributed by atoms with Gasteiger partial charge in [-0.2, -0.15) is 0 Å². The molecule has 7 nitrogen and oxygen atoms in total. The number of esters is 1. The maximum absolute atomic E-state index is 11.6. The van der Waals surface area contributed by atoms with Crippen LogP contribution in [-0.2, 0) is 30.8 Å². The maximum Gasteiger partial charge on any atom is 0.305 e. The Balaban J connectivity index is 1.38. The predicted octanol–water partition coefficient (Wildman–Crippen LogP) is 3.23. The molecule has 2 aliphatic carbocycles.